The van der Waals surface area contributed by atoms with Gasteiger partial charge < -0.3 is 5.02 Å². The molecule has 2 aromatic rings. The Morgan fingerprint density at radius 1 is 1.15 bits per heavy atom. The smallest absolute Gasteiger partial charge is 0.425 e. The lowest BCUT2D eigenvalue weighted by Gasteiger charge is -2.40. The van der Waals surface area contributed by atoms with Crippen molar-refractivity contribution in [2.75, 3.05) is 0 Å². The minimum absolute atomic E-state index is 0.0687. The third-order valence-electron chi connectivity index (χ3n) is 5.42. The van der Waals surface area contributed by atoms with Crippen molar-refractivity contribution in [1.29, 1.82) is 0 Å². The number of aryl methyl sites for hydroxylation is 2. The first-order valence-electron chi connectivity index (χ1n) is 10.9. The lowest BCUT2D eigenvalue weighted by Crippen LogP contribution is -2.56. The topological polar surface area (TPSA) is 99.1 Å². The number of halogens is 1. The molecule has 2 amide bonds. The molecular weight excluding hydrogens is 424 g/mol. The van der Waals surface area contributed by atoms with Gasteiger partial charge in [0.05, 0.1) is 11.6 Å². The molecule has 1 unspecified atom stereocenters. The van der Waals surface area contributed by atoms with Crippen molar-refractivity contribution in [3.05, 3.63) is 69.4 Å². The molecule has 2 N–H and O–H groups in total. The number of nitrogens with one attached hydrogen (secondary N) is 1. The van der Waals surface area contributed by atoms with Crippen molar-refractivity contribution in [3.8, 4) is 0 Å². The molecule has 9 heteroatoms. The zero-order chi connectivity index (χ0) is 24.9. The van der Waals surface area contributed by atoms with Crippen LogP contribution in [0.25, 0.3) is 0 Å². The quantitative estimate of drug-likeness (QED) is 0.376. The van der Waals surface area contributed by atoms with Crippen molar-refractivity contribution in [1.82, 2.24) is 10.4 Å². The molecule has 0 saturated carbocycles. The van der Waals surface area contributed by atoms with Crippen molar-refractivity contribution < 1.29 is 19.0 Å². The third kappa shape index (κ3) is 6.48. The van der Waals surface area contributed by atoms with Crippen LogP contribution in [0.15, 0.2) is 41.5 Å². The predicted octanol–water partition coefficient (Wildman–Crippen LogP) is 3.90. The largest absolute Gasteiger partial charge is 0.517 e. The summed E-state index contributed by atoms with van der Waals surface area (Å²) in [4.78, 5) is 37.1. The summed E-state index contributed by atoms with van der Waals surface area (Å²) >= 11 is 0. The van der Waals surface area contributed by atoms with Gasteiger partial charge in [-0.2, -0.15) is 4.91 Å². The third-order valence-corrected chi connectivity index (χ3v) is 5.42. The zero-order valence-electron chi connectivity index (χ0n) is 20.0. The maximum atomic E-state index is 14.6. The van der Waals surface area contributed by atoms with Gasteiger partial charge in [-0.3, -0.25) is 15.0 Å². The van der Waals surface area contributed by atoms with Crippen LogP contribution in [-0.4, -0.2) is 34.9 Å². The van der Waals surface area contributed by atoms with Gasteiger partial charge in [-0.1, -0.05) is 62.5 Å². The Hall–Kier alpha value is -3.07. The van der Waals surface area contributed by atoms with Gasteiger partial charge >= 0.3 is 7.05 Å². The van der Waals surface area contributed by atoms with Crippen molar-refractivity contribution >= 4 is 24.3 Å². The summed E-state index contributed by atoms with van der Waals surface area (Å²) in [5.41, 5.74) is 4.11. The molecule has 1 atom stereocenters. The van der Waals surface area contributed by atoms with Gasteiger partial charge in [-0.25, -0.2) is 9.40 Å². The second-order valence-electron chi connectivity index (χ2n) is 9.38. The molecule has 0 aromatic heterocycles. The Labute approximate surface area is 194 Å². The number of nitroso groups, excluding NO2 is 1. The van der Waals surface area contributed by atoms with Crippen molar-refractivity contribution in [3.63, 3.8) is 0 Å². The molecule has 0 radical (unpaired) electrons. The fraction of sp³-hybridized carbons (Fsp3) is 0.417. The number of amides is 2. The maximum absolute atomic E-state index is 14.6. The van der Waals surface area contributed by atoms with Crippen LogP contribution < -0.4 is 10.9 Å². The van der Waals surface area contributed by atoms with Crippen LogP contribution in [0.3, 0.4) is 0 Å². The highest BCUT2D eigenvalue weighted by Crippen LogP contribution is 2.29. The van der Waals surface area contributed by atoms with E-state index < -0.39 is 18.8 Å². The number of carbonyl (C=O) groups is 2. The summed E-state index contributed by atoms with van der Waals surface area (Å²) in [6, 6.07) is 8.37. The molecule has 7 nitrogen and oxygen atoms in total. The Morgan fingerprint density at radius 3 is 2.24 bits per heavy atom. The van der Waals surface area contributed by atoms with Gasteiger partial charge in [0.15, 0.2) is 0 Å². The molecular formula is C24H31BFN3O4. The van der Waals surface area contributed by atoms with Crippen LogP contribution in [0.1, 0.15) is 72.4 Å². The fourth-order valence-corrected chi connectivity index (χ4v) is 3.84. The number of rotatable bonds is 7. The lowest BCUT2D eigenvalue weighted by molar-refractivity contribution is 0.0269. The Morgan fingerprint density at radius 2 is 1.76 bits per heavy atom. The number of carbonyl (C=O) groups excluding carboxylic acids is 2. The molecule has 0 aliphatic rings. The summed E-state index contributed by atoms with van der Waals surface area (Å²) in [5, 5.41) is 13.2. The molecule has 0 spiro atoms. The number of hydrogen-bond acceptors (Lipinski definition) is 5. The molecule has 0 aliphatic carbocycles. The highest BCUT2D eigenvalue weighted by molar-refractivity contribution is 6.64. The maximum Gasteiger partial charge on any atom is 0.517 e. The zero-order valence-corrected chi connectivity index (χ0v) is 20.0. The summed E-state index contributed by atoms with van der Waals surface area (Å²) in [6.07, 6.45) is 1.40. The summed E-state index contributed by atoms with van der Waals surface area (Å²) in [7, 11) is -1.73. The van der Waals surface area contributed by atoms with Crippen LogP contribution in [0.4, 0.5) is 4.39 Å². The van der Waals surface area contributed by atoms with Gasteiger partial charge in [-0.05, 0) is 55.4 Å². The molecule has 0 heterocycles. The second kappa shape index (κ2) is 10.7. The van der Waals surface area contributed by atoms with E-state index in [2.05, 4.69) is 10.5 Å². The fourth-order valence-electron chi connectivity index (χ4n) is 3.84. The highest BCUT2D eigenvalue weighted by atomic mass is 19.1. The van der Waals surface area contributed by atoms with Crippen LogP contribution in [0.2, 0.25) is 0 Å². The van der Waals surface area contributed by atoms with E-state index in [0.717, 1.165) is 29.7 Å². The first kappa shape index (κ1) is 26.2. The van der Waals surface area contributed by atoms with E-state index >= 15 is 0 Å². The number of hydrogen-bond donors (Lipinski definition) is 2. The van der Waals surface area contributed by atoms with Crippen molar-refractivity contribution in [2.24, 2.45) is 10.5 Å². The minimum Gasteiger partial charge on any atom is -0.425 e. The lowest BCUT2D eigenvalue weighted by atomic mass is 9.75. The van der Waals surface area contributed by atoms with Crippen LogP contribution in [0, 0.1) is 30.0 Å². The Balaban J connectivity index is 2.48. The summed E-state index contributed by atoms with van der Waals surface area (Å²) < 4.78 is 14.6. The molecule has 0 aliphatic heterocycles. The standard InChI is InChI=1S/C24H31BFN3O4/c1-7-8-21(24(4,5)6)29(23(31)17-12-15(2)11-16(3)13-17)27-22(30)19-10-9-18(14-20(19)26)25(32)28-33/h9-14,21,32H,7-8H2,1-6H3,(H,27,30). The van der Waals surface area contributed by atoms with Gasteiger partial charge in [0.25, 0.3) is 11.8 Å². The summed E-state index contributed by atoms with van der Waals surface area (Å²) in [5.74, 6) is -2.13. The summed E-state index contributed by atoms with van der Waals surface area (Å²) in [6.45, 7) is 11.7. The number of nitrogens with zero attached hydrogens (tertiary/aromatic N) is 2. The van der Waals surface area contributed by atoms with E-state index in [0.29, 0.717) is 12.0 Å². The van der Waals surface area contributed by atoms with E-state index in [1.54, 1.807) is 12.1 Å². The van der Waals surface area contributed by atoms with Crippen LogP contribution >= 0.6 is 0 Å². The highest BCUT2D eigenvalue weighted by Gasteiger charge is 2.35. The first-order valence-corrected chi connectivity index (χ1v) is 10.9. The Bertz CT molecular complexity index is 1020. The van der Waals surface area contributed by atoms with E-state index in [9.17, 15) is 23.9 Å². The SMILES string of the molecule is CCCC(N(NC(=O)c1ccc(B(O)N=O)cc1F)C(=O)c1cc(C)cc(C)c1)C(C)(C)C. The van der Waals surface area contributed by atoms with Gasteiger partial charge in [0.2, 0.25) is 0 Å². The van der Waals surface area contributed by atoms with Crippen molar-refractivity contribution in [2.45, 2.75) is 60.4 Å². The monoisotopic (exact) mass is 455 g/mol. The van der Waals surface area contributed by atoms with E-state index in [4.69, 9.17) is 0 Å². The number of benzene rings is 2. The molecule has 0 bridgehead atoms. The van der Waals surface area contributed by atoms with Crippen LogP contribution in [0.5, 0.6) is 0 Å². The minimum atomic E-state index is -1.73. The van der Waals surface area contributed by atoms with E-state index in [1.807, 2.05) is 47.6 Å². The first-order chi connectivity index (χ1) is 15.4. The molecule has 176 valence electrons. The molecule has 2 aromatic carbocycles. The average molecular weight is 455 g/mol. The van der Waals surface area contributed by atoms with E-state index in [1.165, 1.54) is 11.1 Å². The predicted molar refractivity (Wildman–Crippen MR) is 128 cm³/mol. The van der Waals surface area contributed by atoms with Crippen LogP contribution in [-0.2, 0) is 0 Å². The number of hydrazine groups is 1. The molecule has 0 saturated heterocycles. The second-order valence-corrected chi connectivity index (χ2v) is 9.38. The Kier molecular flexibility index (Phi) is 8.49. The van der Waals surface area contributed by atoms with E-state index in [-0.39, 0.29) is 28.4 Å². The van der Waals surface area contributed by atoms with Gasteiger partial charge in [0.1, 0.15) is 5.82 Å². The average Bonchev–Trinajstić information content (AvgIpc) is 2.73. The van der Waals surface area contributed by atoms with Gasteiger partial charge in [0, 0.05) is 5.56 Å². The van der Waals surface area contributed by atoms with Gasteiger partial charge in [-0.15, -0.1) is 0 Å². The normalized spacial score (nSPS) is 12.1. The molecule has 2 rings (SSSR count). The molecule has 33 heavy (non-hydrogen) atoms. The molecule has 0 fully saturated rings.